The van der Waals surface area contributed by atoms with Crippen LogP contribution in [0.2, 0.25) is 0 Å². The van der Waals surface area contributed by atoms with E-state index >= 15 is 0 Å². The summed E-state index contributed by atoms with van der Waals surface area (Å²) >= 11 is 0. The molecule has 61 heavy (non-hydrogen) atoms. The Bertz CT molecular complexity index is 3070. The number of aromatic nitrogens is 2. The molecule has 0 unspecified atom stereocenters. The van der Waals surface area contributed by atoms with E-state index in [1.54, 1.807) is 0 Å². The summed E-state index contributed by atoms with van der Waals surface area (Å²) in [5, 5.41) is 6.24. The second-order valence-corrected chi connectivity index (χ2v) is 16.7. The van der Waals surface area contributed by atoms with E-state index in [-0.39, 0.29) is 21.1 Å². The van der Waals surface area contributed by atoms with E-state index in [0.717, 1.165) is 50.4 Å². The first-order chi connectivity index (χ1) is 29.3. The molecule has 0 bridgehead atoms. The van der Waals surface area contributed by atoms with Gasteiger partial charge in [-0.2, -0.15) is 35.3 Å². The normalized spacial score (nSPS) is 13.8. The zero-order chi connectivity index (χ0) is 40.7. The quantitative estimate of drug-likeness (QED) is 0.118. The van der Waals surface area contributed by atoms with Crippen LogP contribution in [0.4, 0.5) is 17.1 Å². The molecular formula is C55H45N4OPt-. The Morgan fingerprint density at radius 2 is 1.21 bits per heavy atom. The van der Waals surface area contributed by atoms with Crippen LogP contribution in [0.15, 0.2) is 164 Å². The van der Waals surface area contributed by atoms with Crippen LogP contribution in [0.3, 0.4) is 0 Å². The Kier molecular flexibility index (Phi) is 9.58. The van der Waals surface area contributed by atoms with Crippen LogP contribution in [0.5, 0.6) is 0 Å². The summed E-state index contributed by atoms with van der Waals surface area (Å²) in [6.07, 6.45) is 1.97. The Hall–Kier alpha value is -6.26. The third-order valence-electron chi connectivity index (χ3n) is 12.7. The fraction of sp³-hybridized carbons (Fsp3) is 0.145. The van der Waals surface area contributed by atoms with E-state index in [1.165, 1.54) is 49.9 Å². The van der Waals surface area contributed by atoms with Gasteiger partial charge in [-0.3, -0.25) is 0 Å². The first-order valence-electron chi connectivity index (χ1n) is 21.0. The molecule has 7 aromatic carbocycles. The van der Waals surface area contributed by atoms with E-state index in [1.807, 2.05) is 23.4 Å². The van der Waals surface area contributed by atoms with Crippen molar-refractivity contribution in [3.63, 3.8) is 0 Å². The molecule has 1 aliphatic carbocycles. The minimum Gasteiger partial charge on any atom is -0.319 e. The Morgan fingerprint density at radius 1 is 0.590 bits per heavy atom. The summed E-state index contributed by atoms with van der Waals surface area (Å²) < 4.78 is 2.32. The Balaban J connectivity index is 0.00000445. The first-order valence-corrected chi connectivity index (χ1v) is 21.0. The van der Waals surface area contributed by atoms with Gasteiger partial charge in [0.15, 0.2) is 0 Å². The average molecular weight is 973 g/mol. The van der Waals surface area contributed by atoms with Gasteiger partial charge in [0.1, 0.15) is 17.2 Å². The van der Waals surface area contributed by atoms with E-state index < -0.39 is 5.41 Å². The topological polar surface area (TPSA) is 37.1 Å². The molecule has 0 saturated heterocycles. The third-order valence-corrected chi connectivity index (χ3v) is 12.7. The molecule has 1 aliphatic heterocycles. The van der Waals surface area contributed by atoms with Crippen LogP contribution in [-0.4, -0.2) is 21.5 Å². The number of pyridine rings is 1. The molecule has 0 spiro atoms. The molecule has 0 atom stereocenters. The van der Waals surface area contributed by atoms with Crippen molar-refractivity contribution in [1.29, 1.82) is 0 Å². The maximum Gasteiger partial charge on any atom is 0.145 e. The number of nitrogens with zero attached hydrogens (tertiary/aromatic N) is 4. The predicted octanol–water partition coefficient (Wildman–Crippen LogP) is 13.5. The van der Waals surface area contributed by atoms with E-state index in [9.17, 15) is 0 Å². The molecule has 11 rings (SSSR count). The maximum atomic E-state index is 5.13. The predicted molar refractivity (Wildman–Crippen MR) is 246 cm³/mol. The number of hydroxylamine groups is 1. The molecule has 0 radical (unpaired) electrons. The summed E-state index contributed by atoms with van der Waals surface area (Å²) in [7, 11) is 1.99. The summed E-state index contributed by atoms with van der Waals surface area (Å²) in [5.74, 6) is 1.62. The van der Waals surface area contributed by atoms with Gasteiger partial charge in [-0.1, -0.05) is 130 Å². The van der Waals surface area contributed by atoms with Crippen molar-refractivity contribution in [3.05, 3.63) is 209 Å². The summed E-state index contributed by atoms with van der Waals surface area (Å²) in [6.45, 7) is 9.14. The van der Waals surface area contributed by atoms with Gasteiger partial charge in [-0.15, -0.1) is 38.8 Å². The minimum absolute atomic E-state index is 0. The Labute approximate surface area is 372 Å². The molecule has 1 N–H and O–H groups in total. The number of hydrogen-bond donors (Lipinski definition) is 0. The van der Waals surface area contributed by atoms with Gasteiger partial charge in [0, 0.05) is 43.9 Å². The third kappa shape index (κ3) is 5.86. The molecule has 9 aromatic rings. The molecule has 5 nitrogen and oxygen atoms in total. The molecule has 0 amide bonds. The number of rotatable bonds is 7. The molecule has 302 valence electrons. The van der Waals surface area contributed by atoms with Crippen molar-refractivity contribution in [2.24, 2.45) is 0 Å². The number of para-hydroxylation sites is 3. The van der Waals surface area contributed by atoms with Gasteiger partial charge < -0.3 is 4.57 Å². The second kappa shape index (κ2) is 15.0. The number of anilines is 3. The zero-order valence-electron chi connectivity index (χ0n) is 34.8. The van der Waals surface area contributed by atoms with Crippen LogP contribution >= 0.6 is 0 Å². The smallest absolute Gasteiger partial charge is 0.145 e. The maximum absolute atomic E-state index is 5.13. The molecule has 6 heteroatoms. The number of hydrogen-bond acceptors (Lipinski definition) is 3. The monoisotopic (exact) mass is 972 g/mol. The van der Waals surface area contributed by atoms with Gasteiger partial charge in [-0.25, -0.2) is 4.98 Å². The van der Waals surface area contributed by atoms with Crippen molar-refractivity contribution in [1.82, 2.24) is 9.55 Å². The molecule has 2 aliphatic rings. The largest absolute Gasteiger partial charge is 0.319 e. The van der Waals surface area contributed by atoms with Crippen LogP contribution in [0, 0.1) is 12.1 Å². The van der Waals surface area contributed by atoms with Crippen molar-refractivity contribution in [2.45, 2.75) is 44.9 Å². The van der Waals surface area contributed by atoms with Crippen LogP contribution in [0.25, 0.3) is 49.9 Å². The van der Waals surface area contributed by atoms with Gasteiger partial charge in [0.2, 0.25) is 0 Å². The fourth-order valence-corrected chi connectivity index (χ4v) is 10.0. The van der Waals surface area contributed by atoms with Crippen molar-refractivity contribution >= 4 is 38.9 Å². The number of benzene rings is 7. The zero-order valence-corrected chi connectivity index (χ0v) is 37.1. The van der Waals surface area contributed by atoms with E-state index in [2.05, 4.69) is 202 Å². The van der Waals surface area contributed by atoms with Crippen LogP contribution < -0.4 is 10.1 Å². The standard InChI is InChI=1S/C55H44N4O.Pt/c1-35(2)41-21-15-22-42(36(3)4)54(41)37-30-31-56-53(32-37)58-49-25-11-8-20-45(49)46-29-28-39(34-52(46)58)55(47-23-9-6-18-43(47)44-19-7-10-24-48(44)55)38-16-14-17-40(33-38)59-51-27-13-12-26-50(51)57(5)60-59;/h6-32,35-36H,1-5H3;/q-2;/p+1. The van der Waals surface area contributed by atoms with Gasteiger partial charge in [0.05, 0.1) is 7.05 Å². The minimum atomic E-state index is -0.735. The van der Waals surface area contributed by atoms with Crippen molar-refractivity contribution in [2.75, 3.05) is 17.2 Å². The Morgan fingerprint density at radius 3 is 1.93 bits per heavy atom. The van der Waals surface area contributed by atoms with Gasteiger partial charge >= 0.3 is 0 Å². The summed E-state index contributed by atoms with van der Waals surface area (Å²) in [4.78, 5) is 10.1. The molecular weight excluding hydrogens is 928 g/mol. The van der Waals surface area contributed by atoms with E-state index in [4.69, 9.17) is 9.92 Å². The van der Waals surface area contributed by atoms with Gasteiger partial charge in [-0.05, 0) is 92.1 Å². The molecule has 2 aromatic heterocycles. The summed E-state index contributed by atoms with van der Waals surface area (Å²) in [5.41, 5.74) is 16.4. The molecule has 0 fully saturated rings. The molecule has 0 saturated carbocycles. The SMILES string of the molecule is CC(C)c1cccc(C(C)C)c1-c1ccnc(-n2c3[c-]c(C4(c5[c-]c(N6[OH+]N(C)c7ccccc76)ccc5)c5ccccc5-c5ccccc54)ccc3c3ccccc32)c1.[Pt]. The number of fused-ring (bicyclic) bond motifs is 7. The first kappa shape index (κ1) is 38.9. The van der Waals surface area contributed by atoms with Gasteiger partial charge in [0.25, 0.3) is 0 Å². The van der Waals surface area contributed by atoms with Crippen molar-refractivity contribution < 1.29 is 26.0 Å². The van der Waals surface area contributed by atoms with Crippen LogP contribution in [-0.2, 0) is 26.5 Å². The van der Waals surface area contributed by atoms with E-state index in [0.29, 0.717) is 11.8 Å². The molecule has 3 heterocycles. The summed E-state index contributed by atoms with van der Waals surface area (Å²) in [6, 6.07) is 65.1. The fourth-order valence-electron chi connectivity index (χ4n) is 10.0. The van der Waals surface area contributed by atoms with Crippen LogP contribution in [0.1, 0.15) is 72.9 Å². The van der Waals surface area contributed by atoms with Crippen molar-refractivity contribution in [3.8, 4) is 28.1 Å². The second-order valence-electron chi connectivity index (χ2n) is 16.7. The average Bonchev–Trinajstić information content (AvgIpc) is 3.91.